The van der Waals surface area contributed by atoms with Gasteiger partial charge >= 0.3 is 0 Å². The average molecular weight is 184 g/mol. The molecule has 1 unspecified atom stereocenters. The van der Waals surface area contributed by atoms with Gasteiger partial charge < -0.3 is 10.2 Å². The molecule has 0 aromatic heterocycles. The van der Waals surface area contributed by atoms with Gasteiger partial charge in [0, 0.05) is 19.1 Å². The van der Waals surface area contributed by atoms with Crippen LogP contribution in [-0.2, 0) is 0 Å². The molecule has 13 heavy (non-hydrogen) atoms. The first kappa shape index (κ1) is 11.0. The van der Waals surface area contributed by atoms with Crippen LogP contribution in [0.2, 0.25) is 0 Å². The van der Waals surface area contributed by atoms with Crippen molar-refractivity contribution >= 4 is 0 Å². The SMILES string of the molecule is CCNC1CCN(CC(C)(C)C)C1. The zero-order valence-corrected chi connectivity index (χ0v) is 9.56. The van der Waals surface area contributed by atoms with Crippen LogP contribution in [-0.4, -0.2) is 37.1 Å². The fourth-order valence-electron chi connectivity index (χ4n) is 2.10. The van der Waals surface area contributed by atoms with Gasteiger partial charge in [-0.15, -0.1) is 0 Å². The lowest BCUT2D eigenvalue weighted by Gasteiger charge is -2.26. The molecule has 0 bridgehead atoms. The van der Waals surface area contributed by atoms with E-state index in [1.807, 2.05) is 0 Å². The van der Waals surface area contributed by atoms with E-state index in [-0.39, 0.29) is 0 Å². The van der Waals surface area contributed by atoms with Crippen molar-refractivity contribution in [1.82, 2.24) is 10.2 Å². The van der Waals surface area contributed by atoms with Crippen LogP contribution < -0.4 is 5.32 Å². The number of likely N-dealkylation sites (N-methyl/N-ethyl adjacent to an activating group) is 1. The molecule has 1 aliphatic rings. The first-order chi connectivity index (χ1) is 6.01. The van der Waals surface area contributed by atoms with E-state index < -0.39 is 0 Å². The minimum absolute atomic E-state index is 0.446. The summed E-state index contributed by atoms with van der Waals surface area (Å²) in [6.45, 7) is 14.0. The highest BCUT2D eigenvalue weighted by molar-refractivity contribution is 4.82. The van der Waals surface area contributed by atoms with Crippen molar-refractivity contribution in [3.05, 3.63) is 0 Å². The Morgan fingerprint density at radius 2 is 2.08 bits per heavy atom. The monoisotopic (exact) mass is 184 g/mol. The van der Waals surface area contributed by atoms with E-state index in [9.17, 15) is 0 Å². The minimum atomic E-state index is 0.446. The molecule has 78 valence electrons. The second-order valence-corrected chi connectivity index (χ2v) is 5.34. The topological polar surface area (TPSA) is 15.3 Å². The Morgan fingerprint density at radius 1 is 1.38 bits per heavy atom. The predicted molar refractivity (Wildman–Crippen MR) is 58.0 cm³/mol. The van der Waals surface area contributed by atoms with E-state index in [2.05, 4.69) is 37.9 Å². The van der Waals surface area contributed by atoms with Gasteiger partial charge in [-0.05, 0) is 24.9 Å². The number of nitrogens with one attached hydrogen (secondary N) is 1. The Balaban J connectivity index is 2.25. The number of hydrogen-bond acceptors (Lipinski definition) is 2. The van der Waals surface area contributed by atoms with E-state index >= 15 is 0 Å². The maximum atomic E-state index is 3.52. The smallest absolute Gasteiger partial charge is 0.0207 e. The van der Waals surface area contributed by atoms with Crippen molar-refractivity contribution < 1.29 is 0 Å². The van der Waals surface area contributed by atoms with Gasteiger partial charge in [-0.1, -0.05) is 27.7 Å². The Bertz CT molecular complexity index is 149. The maximum absolute atomic E-state index is 3.52. The molecule has 2 heteroatoms. The second kappa shape index (κ2) is 4.43. The van der Waals surface area contributed by atoms with Crippen molar-refractivity contribution in [3.8, 4) is 0 Å². The lowest BCUT2D eigenvalue weighted by Crippen LogP contribution is -2.35. The predicted octanol–water partition coefficient (Wildman–Crippen LogP) is 1.72. The molecule has 0 aromatic carbocycles. The molecule has 0 saturated carbocycles. The van der Waals surface area contributed by atoms with Crippen molar-refractivity contribution in [2.24, 2.45) is 5.41 Å². The molecule has 1 atom stereocenters. The highest BCUT2D eigenvalue weighted by atomic mass is 15.2. The summed E-state index contributed by atoms with van der Waals surface area (Å²) in [5.41, 5.74) is 0.446. The van der Waals surface area contributed by atoms with Crippen molar-refractivity contribution in [3.63, 3.8) is 0 Å². The number of rotatable bonds is 3. The molecular formula is C11H24N2. The molecule has 0 spiro atoms. The molecule has 1 rings (SSSR count). The third-order valence-electron chi connectivity index (χ3n) is 2.46. The van der Waals surface area contributed by atoms with Gasteiger partial charge in [0.2, 0.25) is 0 Å². The average Bonchev–Trinajstić information content (AvgIpc) is 2.33. The lowest BCUT2D eigenvalue weighted by molar-refractivity contribution is 0.223. The summed E-state index contributed by atoms with van der Waals surface area (Å²) >= 11 is 0. The van der Waals surface area contributed by atoms with E-state index in [1.165, 1.54) is 26.1 Å². The first-order valence-electron chi connectivity index (χ1n) is 5.47. The van der Waals surface area contributed by atoms with Gasteiger partial charge in [0.25, 0.3) is 0 Å². The van der Waals surface area contributed by atoms with Gasteiger partial charge in [-0.25, -0.2) is 0 Å². The maximum Gasteiger partial charge on any atom is 0.0207 e. The summed E-state index contributed by atoms with van der Waals surface area (Å²) < 4.78 is 0. The number of likely N-dealkylation sites (tertiary alicyclic amines) is 1. The van der Waals surface area contributed by atoms with Crippen LogP contribution in [0.4, 0.5) is 0 Å². The van der Waals surface area contributed by atoms with Crippen molar-refractivity contribution in [1.29, 1.82) is 0 Å². The van der Waals surface area contributed by atoms with Gasteiger partial charge in [0.05, 0.1) is 0 Å². The van der Waals surface area contributed by atoms with Crippen LogP contribution in [0.25, 0.3) is 0 Å². The summed E-state index contributed by atoms with van der Waals surface area (Å²) in [6.07, 6.45) is 1.32. The summed E-state index contributed by atoms with van der Waals surface area (Å²) in [5.74, 6) is 0. The fourth-order valence-corrected chi connectivity index (χ4v) is 2.10. The van der Waals surface area contributed by atoms with Crippen LogP contribution >= 0.6 is 0 Å². The Labute approximate surface area is 82.7 Å². The normalized spacial score (nSPS) is 25.4. The van der Waals surface area contributed by atoms with Crippen LogP contribution in [0.3, 0.4) is 0 Å². The third-order valence-corrected chi connectivity index (χ3v) is 2.46. The summed E-state index contributed by atoms with van der Waals surface area (Å²) in [7, 11) is 0. The van der Waals surface area contributed by atoms with Crippen molar-refractivity contribution in [2.45, 2.75) is 40.2 Å². The highest BCUT2D eigenvalue weighted by Gasteiger charge is 2.24. The number of nitrogens with zero attached hydrogens (tertiary/aromatic N) is 1. The largest absolute Gasteiger partial charge is 0.313 e. The van der Waals surface area contributed by atoms with E-state index in [4.69, 9.17) is 0 Å². The molecule has 1 aliphatic heterocycles. The molecule has 1 heterocycles. The Hall–Kier alpha value is -0.0800. The molecule has 1 saturated heterocycles. The van der Waals surface area contributed by atoms with Crippen molar-refractivity contribution in [2.75, 3.05) is 26.2 Å². The number of hydrogen-bond donors (Lipinski definition) is 1. The zero-order chi connectivity index (χ0) is 9.90. The lowest BCUT2D eigenvalue weighted by atomic mass is 9.96. The Kier molecular flexibility index (Phi) is 3.74. The first-order valence-corrected chi connectivity index (χ1v) is 5.47. The van der Waals surface area contributed by atoms with Gasteiger partial charge in [-0.2, -0.15) is 0 Å². The summed E-state index contributed by atoms with van der Waals surface area (Å²) in [6, 6.07) is 0.743. The molecule has 2 nitrogen and oxygen atoms in total. The quantitative estimate of drug-likeness (QED) is 0.718. The summed E-state index contributed by atoms with van der Waals surface area (Å²) in [4.78, 5) is 2.58. The standard InChI is InChI=1S/C11H24N2/c1-5-12-10-6-7-13(8-10)9-11(2,3)4/h10,12H,5-9H2,1-4H3. The van der Waals surface area contributed by atoms with Crippen LogP contribution in [0.5, 0.6) is 0 Å². The van der Waals surface area contributed by atoms with Gasteiger partial charge in [0.1, 0.15) is 0 Å². The summed E-state index contributed by atoms with van der Waals surface area (Å²) in [5, 5.41) is 3.52. The fraction of sp³-hybridized carbons (Fsp3) is 1.00. The Morgan fingerprint density at radius 3 is 2.62 bits per heavy atom. The van der Waals surface area contributed by atoms with E-state index in [0.717, 1.165) is 12.6 Å². The zero-order valence-electron chi connectivity index (χ0n) is 9.56. The third kappa shape index (κ3) is 4.10. The second-order valence-electron chi connectivity index (χ2n) is 5.34. The van der Waals surface area contributed by atoms with Gasteiger partial charge in [-0.3, -0.25) is 0 Å². The van der Waals surface area contributed by atoms with Crippen LogP contribution in [0.1, 0.15) is 34.1 Å². The van der Waals surface area contributed by atoms with Gasteiger partial charge in [0.15, 0.2) is 0 Å². The highest BCUT2D eigenvalue weighted by Crippen LogP contribution is 2.18. The van der Waals surface area contributed by atoms with Crippen LogP contribution in [0.15, 0.2) is 0 Å². The molecular weight excluding hydrogens is 160 g/mol. The minimum Gasteiger partial charge on any atom is -0.313 e. The van der Waals surface area contributed by atoms with Crippen LogP contribution in [0, 0.1) is 5.41 Å². The molecule has 0 amide bonds. The molecule has 0 aliphatic carbocycles. The molecule has 0 aromatic rings. The van der Waals surface area contributed by atoms with E-state index in [1.54, 1.807) is 0 Å². The van der Waals surface area contributed by atoms with E-state index in [0.29, 0.717) is 5.41 Å². The molecule has 1 fully saturated rings. The molecule has 0 radical (unpaired) electrons. The molecule has 1 N–H and O–H groups in total.